The monoisotopic (exact) mass is 400 g/mol. The zero-order valence-electron chi connectivity index (χ0n) is 16.2. The summed E-state index contributed by atoms with van der Waals surface area (Å²) in [7, 11) is 0. The zero-order valence-corrected chi connectivity index (χ0v) is 17.0. The number of hydrogen-bond acceptors (Lipinski definition) is 3. The van der Waals surface area contributed by atoms with E-state index in [9.17, 15) is 14.0 Å². The van der Waals surface area contributed by atoms with E-state index in [-0.39, 0.29) is 24.2 Å². The normalized spacial score (nSPS) is 17.2. The number of amides is 2. The van der Waals surface area contributed by atoms with E-state index < -0.39 is 11.2 Å². The minimum atomic E-state index is -0.539. The average molecular weight is 401 g/mol. The second kappa shape index (κ2) is 9.24. The minimum absolute atomic E-state index is 0.121. The number of rotatable bonds is 7. The van der Waals surface area contributed by atoms with Gasteiger partial charge in [0.1, 0.15) is 11.1 Å². The summed E-state index contributed by atoms with van der Waals surface area (Å²) >= 11 is 1.41. The van der Waals surface area contributed by atoms with Crippen molar-refractivity contribution < 1.29 is 14.0 Å². The van der Waals surface area contributed by atoms with Crippen molar-refractivity contribution in [3.05, 3.63) is 59.9 Å². The molecule has 0 unspecified atom stereocenters. The zero-order chi connectivity index (χ0) is 20.1. The van der Waals surface area contributed by atoms with Crippen molar-refractivity contribution in [2.45, 2.75) is 43.4 Å². The molecule has 28 heavy (non-hydrogen) atoms. The van der Waals surface area contributed by atoms with E-state index in [1.165, 1.54) is 17.8 Å². The number of thioether (sulfide) groups is 1. The molecule has 1 aliphatic heterocycles. The third-order valence-corrected chi connectivity index (χ3v) is 6.37. The van der Waals surface area contributed by atoms with Crippen LogP contribution in [-0.4, -0.2) is 23.6 Å². The van der Waals surface area contributed by atoms with Crippen molar-refractivity contribution in [2.24, 2.45) is 5.92 Å². The molecule has 0 bridgehead atoms. The summed E-state index contributed by atoms with van der Waals surface area (Å²) in [6.45, 7) is 4.60. The number of para-hydroxylation sites is 1. The first-order valence-electron chi connectivity index (χ1n) is 9.61. The lowest BCUT2D eigenvalue weighted by atomic mass is 10.0. The number of halogens is 1. The maximum atomic E-state index is 14.2. The van der Waals surface area contributed by atoms with Crippen LogP contribution in [0.2, 0.25) is 0 Å². The van der Waals surface area contributed by atoms with Gasteiger partial charge >= 0.3 is 0 Å². The molecule has 2 atom stereocenters. The largest absolute Gasteiger partial charge is 0.356 e. The number of benzene rings is 2. The molecule has 0 fully saturated rings. The van der Waals surface area contributed by atoms with Gasteiger partial charge in [-0.1, -0.05) is 50.6 Å². The van der Waals surface area contributed by atoms with Crippen molar-refractivity contribution in [1.82, 2.24) is 5.32 Å². The highest BCUT2D eigenvalue weighted by atomic mass is 32.2. The predicted octanol–water partition coefficient (Wildman–Crippen LogP) is 4.39. The smallest absolute Gasteiger partial charge is 0.241 e. The molecule has 3 rings (SSSR count). The number of carbonyl (C=O) groups is 2. The molecule has 1 heterocycles. The Morgan fingerprint density at radius 1 is 1.21 bits per heavy atom. The second-order valence-corrected chi connectivity index (χ2v) is 8.14. The molecule has 2 amide bonds. The van der Waals surface area contributed by atoms with Gasteiger partial charge in [0.05, 0.1) is 18.2 Å². The molecule has 1 aliphatic rings. The van der Waals surface area contributed by atoms with Crippen molar-refractivity contribution in [1.29, 1.82) is 0 Å². The summed E-state index contributed by atoms with van der Waals surface area (Å²) < 4.78 is 14.2. The van der Waals surface area contributed by atoms with Crippen LogP contribution in [-0.2, 0) is 16.1 Å². The van der Waals surface area contributed by atoms with Gasteiger partial charge in [0, 0.05) is 17.0 Å². The Labute approximate surface area is 169 Å². The maximum absolute atomic E-state index is 14.2. The topological polar surface area (TPSA) is 49.4 Å². The molecule has 1 N–H and O–H groups in total. The summed E-state index contributed by atoms with van der Waals surface area (Å²) in [4.78, 5) is 28.4. The van der Waals surface area contributed by atoms with E-state index in [0.29, 0.717) is 12.1 Å². The Kier molecular flexibility index (Phi) is 6.73. The van der Waals surface area contributed by atoms with Gasteiger partial charge in [-0.3, -0.25) is 9.59 Å². The van der Waals surface area contributed by atoms with Crippen molar-refractivity contribution in [2.75, 3.05) is 11.4 Å². The van der Waals surface area contributed by atoms with Crippen LogP contribution < -0.4 is 10.2 Å². The van der Waals surface area contributed by atoms with Gasteiger partial charge in [-0.15, -0.1) is 11.8 Å². The lowest BCUT2D eigenvalue weighted by Crippen LogP contribution is -2.47. The number of nitrogens with one attached hydrogen (secondary N) is 1. The Morgan fingerprint density at radius 2 is 1.93 bits per heavy atom. The number of fused-ring (bicyclic) bond motifs is 1. The predicted molar refractivity (Wildman–Crippen MR) is 111 cm³/mol. The quantitative estimate of drug-likeness (QED) is 0.702. The van der Waals surface area contributed by atoms with Crippen molar-refractivity contribution >= 4 is 29.3 Å². The highest BCUT2D eigenvalue weighted by molar-refractivity contribution is 8.01. The molecule has 0 spiro atoms. The first-order chi connectivity index (χ1) is 13.5. The van der Waals surface area contributed by atoms with Crippen LogP contribution in [0.4, 0.5) is 10.1 Å². The lowest BCUT2D eigenvalue weighted by molar-refractivity contribution is -0.128. The van der Waals surface area contributed by atoms with Crippen LogP contribution in [0, 0.1) is 11.7 Å². The SMILES string of the molecule is CCCCNC(=O)[C@H](C)[C@H]1Sc2ccccc2N(Cc2ccccc2F)C1=O. The van der Waals surface area contributed by atoms with Crippen LogP contribution in [0.3, 0.4) is 0 Å². The third kappa shape index (κ3) is 4.38. The van der Waals surface area contributed by atoms with E-state index in [1.54, 1.807) is 30.0 Å². The molecule has 0 saturated carbocycles. The van der Waals surface area contributed by atoms with Crippen molar-refractivity contribution in [3.63, 3.8) is 0 Å². The molecule has 148 valence electrons. The number of unbranched alkanes of at least 4 members (excludes halogenated alkanes) is 1. The van der Waals surface area contributed by atoms with Gasteiger partial charge < -0.3 is 10.2 Å². The van der Waals surface area contributed by atoms with Crippen LogP contribution in [0.25, 0.3) is 0 Å². The average Bonchev–Trinajstić information content (AvgIpc) is 2.71. The van der Waals surface area contributed by atoms with E-state index in [1.807, 2.05) is 24.3 Å². The highest BCUT2D eigenvalue weighted by Gasteiger charge is 2.39. The molecular weight excluding hydrogens is 375 g/mol. The van der Waals surface area contributed by atoms with E-state index >= 15 is 0 Å². The Morgan fingerprint density at radius 3 is 2.68 bits per heavy atom. The third-order valence-electron chi connectivity index (χ3n) is 4.90. The van der Waals surface area contributed by atoms with Crippen LogP contribution in [0.15, 0.2) is 53.4 Å². The van der Waals surface area contributed by atoms with E-state index in [4.69, 9.17) is 0 Å². The fourth-order valence-corrected chi connectivity index (χ4v) is 4.49. The van der Waals surface area contributed by atoms with Crippen molar-refractivity contribution in [3.8, 4) is 0 Å². The van der Waals surface area contributed by atoms with Crippen LogP contribution in [0.5, 0.6) is 0 Å². The summed E-state index contributed by atoms with van der Waals surface area (Å²) in [5.74, 6) is -1.10. The second-order valence-electron chi connectivity index (χ2n) is 6.96. The summed E-state index contributed by atoms with van der Waals surface area (Å²) in [5, 5.41) is 2.38. The summed E-state index contributed by atoms with van der Waals surface area (Å²) in [5.41, 5.74) is 1.21. The minimum Gasteiger partial charge on any atom is -0.356 e. The first-order valence-corrected chi connectivity index (χ1v) is 10.5. The lowest BCUT2D eigenvalue weighted by Gasteiger charge is -2.35. The summed E-state index contributed by atoms with van der Waals surface area (Å²) in [6.07, 6.45) is 1.90. The molecule has 0 radical (unpaired) electrons. The molecule has 2 aromatic rings. The Hall–Kier alpha value is -2.34. The Balaban J connectivity index is 1.86. The molecule has 2 aromatic carbocycles. The summed E-state index contributed by atoms with van der Waals surface area (Å²) in [6, 6.07) is 14.0. The molecule has 4 nitrogen and oxygen atoms in total. The van der Waals surface area contributed by atoms with Gasteiger partial charge in [-0.05, 0) is 24.6 Å². The highest BCUT2D eigenvalue weighted by Crippen LogP contribution is 2.42. The van der Waals surface area contributed by atoms with Gasteiger partial charge in [0.2, 0.25) is 11.8 Å². The number of anilines is 1. The van der Waals surface area contributed by atoms with Gasteiger partial charge in [0.15, 0.2) is 0 Å². The molecular formula is C22H25FN2O2S. The number of carbonyl (C=O) groups excluding carboxylic acids is 2. The molecule has 0 aliphatic carbocycles. The standard InChI is InChI=1S/C22H25FN2O2S/c1-3-4-13-24-21(26)15(2)20-22(27)25(14-16-9-5-6-10-17(16)23)18-11-7-8-12-19(18)28-20/h5-12,15,20H,3-4,13-14H2,1-2H3,(H,24,26)/t15-,20-/m1/s1. The Bertz CT molecular complexity index is 858. The number of hydrogen-bond donors (Lipinski definition) is 1. The van der Waals surface area contributed by atoms with E-state index in [2.05, 4.69) is 12.2 Å². The van der Waals surface area contributed by atoms with Crippen LogP contribution >= 0.6 is 11.8 Å². The molecule has 0 saturated heterocycles. The van der Waals surface area contributed by atoms with Gasteiger partial charge in [-0.2, -0.15) is 0 Å². The van der Waals surface area contributed by atoms with Gasteiger partial charge in [-0.25, -0.2) is 4.39 Å². The first kappa shape index (κ1) is 20.4. The number of nitrogens with zero attached hydrogens (tertiary/aromatic N) is 1. The van der Waals surface area contributed by atoms with Gasteiger partial charge in [0.25, 0.3) is 0 Å². The fraction of sp³-hybridized carbons (Fsp3) is 0.364. The van der Waals surface area contributed by atoms with E-state index in [0.717, 1.165) is 23.4 Å². The maximum Gasteiger partial charge on any atom is 0.241 e. The fourth-order valence-electron chi connectivity index (χ4n) is 3.20. The van der Waals surface area contributed by atoms with Crippen LogP contribution in [0.1, 0.15) is 32.3 Å². The molecule has 6 heteroatoms. The molecule has 0 aromatic heterocycles.